The van der Waals surface area contributed by atoms with E-state index in [1.165, 1.54) is 13.3 Å². The zero-order chi connectivity index (χ0) is 19.1. The number of carbonyl (C=O) groups is 1. The van der Waals surface area contributed by atoms with E-state index in [0.29, 0.717) is 18.6 Å². The van der Waals surface area contributed by atoms with Gasteiger partial charge in [-0.2, -0.15) is 0 Å². The molecule has 0 bridgehead atoms. The predicted octanol–water partition coefficient (Wildman–Crippen LogP) is 5.13. The molecule has 5 heteroatoms. The molecule has 1 atom stereocenters. The summed E-state index contributed by atoms with van der Waals surface area (Å²) in [5.41, 5.74) is 3.44. The number of halogens is 1. The van der Waals surface area contributed by atoms with Crippen LogP contribution in [0.15, 0.2) is 77.4 Å². The third-order valence-electron chi connectivity index (χ3n) is 4.14. The fraction of sp³-hybridized carbons (Fsp3) is 0.182. The average Bonchev–Trinajstić information content (AvgIpc) is 2.71. The van der Waals surface area contributed by atoms with Gasteiger partial charge in [0.05, 0.1) is 25.0 Å². The van der Waals surface area contributed by atoms with Crippen LogP contribution in [-0.2, 0) is 22.5 Å². The van der Waals surface area contributed by atoms with Crippen LogP contribution in [0.5, 0.6) is 0 Å². The van der Waals surface area contributed by atoms with E-state index >= 15 is 0 Å². The van der Waals surface area contributed by atoms with E-state index in [4.69, 9.17) is 9.47 Å². The molecule has 0 spiro atoms. The zero-order valence-corrected chi connectivity index (χ0v) is 16.6. The molecule has 3 aromatic rings. The number of esters is 1. The largest absolute Gasteiger partial charge is 0.465 e. The van der Waals surface area contributed by atoms with Gasteiger partial charge in [0, 0.05) is 17.1 Å². The van der Waals surface area contributed by atoms with Crippen molar-refractivity contribution in [1.82, 2.24) is 4.98 Å². The molecule has 0 aliphatic heterocycles. The van der Waals surface area contributed by atoms with Crippen molar-refractivity contribution in [2.45, 2.75) is 19.1 Å². The average molecular weight is 426 g/mol. The molecule has 0 N–H and O–H groups in total. The van der Waals surface area contributed by atoms with Gasteiger partial charge < -0.3 is 9.47 Å². The minimum atomic E-state index is -0.400. The van der Waals surface area contributed by atoms with Gasteiger partial charge >= 0.3 is 5.97 Å². The van der Waals surface area contributed by atoms with Crippen molar-refractivity contribution in [2.24, 2.45) is 0 Å². The van der Waals surface area contributed by atoms with Crippen molar-refractivity contribution in [2.75, 3.05) is 7.11 Å². The highest BCUT2D eigenvalue weighted by Crippen LogP contribution is 2.24. The molecule has 3 rings (SSSR count). The Hall–Kier alpha value is -2.50. The number of benzene rings is 2. The van der Waals surface area contributed by atoms with E-state index < -0.39 is 5.97 Å². The predicted molar refractivity (Wildman–Crippen MR) is 107 cm³/mol. The Morgan fingerprint density at radius 2 is 1.81 bits per heavy atom. The Morgan fingerprint density at radius 3 is 2.48 bits per heavy atom. The molecule has 0 radical (unpaired) electrons. The molecule has 0 amide bonds. The van der Waals surface area contributed by atoms with Gasteiger partial charge in [-0.25, -0.2) is 4.79 Å². The molecule has 2 aromatic carbocycles. The monoisotopic (exact) mass is 425 g/mol. The molecule has 4 nitrogen and oxygen atoms in total. The van der Waals surface area contributed by atoms with Crippen molar-refractivity contribution in [3.63, 3.8) is 0 Å². The highest BCUT2D eigenvalue weighted by Gasteiger charge is 2.16. The molecule has 1 aromatic heterocycles. The second-order valence-electron chi connectivity index (χ2n) is 6.08. The second kappa shape index (κ2) is 9.44. The summed E-state index contributed by atoms with van der Waals surface area (Å²) in [7, 11) is 1.36. The Balaban J connectivity index is 1.80. The summed E-state index contributed by atoms with van der Waals surface area (Å²) < 4.78 is 12.0. The lowest BCUT2D eigenvalue weighted by molar-refractivity contribution is 0.0370. The van der Waals surface area contributed by atoms with E-state index in [1.807, 2.05) is 48.5 Å². The molecular weight excluding hydrogens is 406 g/mol. The number of aromatic nitrogens is 1. The quantitative estimate of drug-likeness (QED) is 0.492. The minimum Gasteiger partial charge on any atom is -0.465 e. The first kappa shape index (κ1) is 19.3. The lowest BCUT2D eigenvalue weighted by atomic mass is 10.0. The first-order chi connectivity index (χ1) is 13.2. The summed E-state index contributed by atoms with van der Waals surface area (Å²) in [4.78, 5) is 16.1. The summed E-state index contributed by atoms with van der Waals surface area (Å²) in [5, 5.41) is 0. The van der Waals surface area contributed by atoms with Crippen molar-refractivity contribution >= 4 is 21.9 Å². The highest BCUT2D eigenvalue weighted by atomic mass is 79.9. The molecule has 0 saturated heterocycles. The molecule has 138 valence electrons. The fourth-order valence-electron chi connectivity index (χ4n) is 2.73. The Bertz CT molecular complexity index is 882. The highest BCUT2D eigenvalue weighted by molar-refractivity contribution is 9.10. The minimum absolute atomic E-state index is 0.230. The van der Waals surface area contributed by atoms with Crippen LogP contribution >= 0.6 is 15.9 Å². The maximum Gasteiger partial charge on any atom is 0.339 e. The van der Waals surface area contributed by atoms with Crippen LogP contribution in [0.3, 0.4) is 0 Å². The zero-order valence-electron chi connectivity index (χ0n) is 15.0. The van der Waals surface area contributed by atoms with Crippen LogP contribution in [0.25, 0.3) is 0 Å². The van der Waals surface area contributed by atoms with E-state index in [0.717, 1.165) is 21.3 Å². The number of hydrogen-bond donors (Lipinski definition) is 0. The second-order valence-corrected chi connectivity index (χ2v) is 7.00. The van der Waals surface area contributed by atoms with Gasteiger partial charge in [0.1, 0.15) is 6.10 Å². The smallest absolute Gasteiger partial charge is 0.339 e. The van der Waals surface area contributed by atoms with Crippen LogP contribution in [-0.4, -0.2) is 18.1 Å². The Labute approximate surface area is 167 Å². The molecule has 27 heavy (non-hydrogen) atoms. The number of carbonyl (C=O) groups excluding carboxylic acids is 1. The van der Waals surface area contributed by atoms with Gasteiger partial charge in [-0.1, -0.05) is 58.4 Å². The third-order valence-corrected chi connectivity index (χ3v) is 4.63. The summed E-state index contributed by atoms with van der Waals surface area (Å²) in [6.07, 6.45) is 1.98. The molecule has 1 unspecified atom stereocenters. The first-order valence-electron chi connectivity index (χ1n) is 8.60. The molecular formula is C22H20BrNO3. The number of methoxy groups -OCH3 is 1. The van der Waals surface area contributed by atoms with Crippen LogP contribution in [0, 0.1) is 0 Å². The van der Waals surface area contributed by atoms with Crippen LogP contribution in [0.1, 0.15) is 33.3 Å². The normalized spacial score (nSPS) is 11.8. The van der Waals surface area contributed by atoms with Crippen LogP contribution in [0.2, 0.25) is 0 Å². The molecule has 0 saturated carbocycles. The number of pyridine rings is 1. The first-order valence-corrected chi connectivity index (χ1v) is 9.39. The van der Waals surface area contributed by atoms with Crippen LogP contribution < -0.4 is 0 Å². The molecule has 1 heterocycles. The topological polar surface area (TPSA) is 48.4 Å². The van der Waals surface area contributed by atoms with Crippen molar-refractivity contribution in [1.29, 1.82) is 0 Å². The summed E-state index contributed by atoms with van der Waals surface area (Å²) in [6, 6.07) is 21.7. The fourth-order valence-corrected chi connectivity index (χ4v) is 3.18. The van der Waals surface area contributed by atoms with E-state index in [9.17, 15) is 4.79 Å². The number of nitrogens with zero attached hydrogens (tertiary/aromatic N) is 1. The lowest BCUT2D eigenvalue weighted by Gasteiger charge is -2.18. The Morgan fingerprint density at radius 1 is 1.04 bits per heavy atom. The summed E-state index contributed by atoms with van der Waals surface area (Å²) in [6.45, 7) is 0.486. The van der Waals surface area contributed by atoms with Gasteiger partial charge in [-0.05, 0) is 35.4 Å². The number of hydrogen-bond acceptors (Lipinski definition) is 4. The maximum atomic E-state index is 11.6. The summed E-state index contributed by atoms with van der Waals surface area (Å²) >= 11 is 3.51. The molecule has 0 fully saturated rings. The van der Waals surface area contributed by atoms with Crippen molar-refractivity contribution in [3.8, 4) is 0 Å². The Kier molecular flexibility index (Phi) is 6.74. The lowest BCUT2D eigenvalue weighted by Crippen LogP contribution is -2.11. The van der Waals surface area contributed by atoms with Crippen molar-refractivity contribution < 1.29 is 14.3 Å². The summed E-state index contributed by atoms with van der Waals surface area (Å²) in [5.74, 6) is -0.400. The SMILES string of the molecule is COC(=O)c1ccc(C(Cc2cccc(Br)c2)OCc2ccccc2)nc1. The van der Waals surface area contributed by atoms with Gasteiger partial charge in [-0.3, -0.25) is 4.98 Å². The van der Waals surface area contributed by atoms with E-state index in [2.05, 4.69) is 33.0 Å². The molecule has 0 aliphatic carbocycles. The molecule has 0 aliphatic rings. The van der Waals surface area contributed by atoms with Gasteiger partial charge in [0.2, 0.25) is 0 Å². The van der Waals surface area contributed by atoms with Gasteiger partial charge in [0.15, 0.2) is 0 Å². The van der Waals surface area contributed by atoms with Crippen LogP contribution in [0.4, 0.5) is 0 Å². The van der Waals surface area contributed by atoms with E-state index in [1.54, 1.807) is 6.07 Å². The maximum absolute atomic E-state index is 11.6. The third kappa shape index (κ3) is 5.49. The van der Waals surface area contributed by atoms with Crippen molar-refractivity contribution in [3.05, 3.63) is 99.8 Å². The van der Waals surface area contributed by atoms with E-state index in [-0.39, 0.29) is 6.10 Å². The van der Waals surface area contributed by atoms with Gasteiger partial charge in [-0.15, -0.1) is 0 Å². The number of rotatable bonds is 7. The standard InChI is InChI=1S/C22H20BrNO3/c1-26-22(25)18-10-11-20(24-14-18)21(13-17-8-5-9-19(23)12-17)27-15-16-6-3-2-4-7-16/h2-12,14,21H,13,15H2,1H3. The number of ether oxygens (including phenoxy) is 2. The van der Waals surface area contributed by atoms with Gasteiger partial charge in [0.25, 0.3) is 0 Å².